The number of nitrogens with two attached hydrogens (primary N) is 1. The molecule has 0 radical (unpaired) electrons. The molecule has 0 aliphatic carbocycles. The molecule has 1 fully saturated rings. The van der Waals surface area contributed by atoms with Crippen molar-refractivity contribution in [3.8, 4) is 0 Å². The molecule has 15 heteroatoms. The summed E-state index contributed by atoms with van der Waals surface area (Å²) in [7, 11) is -3.79. The molecular weight excluding hydrogens is 624 g/mol. The number of carbonyl (C=O) groups is 1. The third-order valence-corrected chi connectivity index (χ3v) is 10.2. The van der Waals surface area contributed by atoms with Gasteiger partial charge in [-0.25, -0.2) is 21.6 Å². The van der Waals surface area contributed by atoms with E-state index >= 15 is 4.39 Å². The van der Waals surface area contributed by atoms with Crippen LogP contribution >= 0.6 is 0 Å². The van der Waals surface area contributed by atoms with Crippen molar-refractivity contribution in [1.82, 2.24) is 14.9 Å². The maximum atomic E-state index is 15.4. The standard InChI is InChI=1S/C30H33F6N5O3S/c1-41(18-30(34,35)36)45(43,44)29(17-38-15-16-39-29)14-13-23-24(33)3-2-4-25(23)40-27(28(37)42)26(19-5-9-21(31)10-6-19)20-7-11-22(32)12-8-20/h2-12,26-27,38-40H,13-18H2,1H3,(H2,37,42)/t27-,29-/m0/s1. The molecule has 45 heavy (non-hydrogen) atoms. The molecule has 1 saturated heterocycles. The summed E-state index contributed by atoms with van der Waals surface area (Å²) in [5.74, 6) is -3.61. The molecule has 5 N–H and O–H groups in total. The number of hydrogen-bond donors (Lipinski definition) is 4. The van der Waals surface area contributed by atoms with Crippen molar-refractivity contribution in [1.29, 1.82) is 0 Å². The van der Waals surface area contributed by atoms with Gasteiger partial charge in [-0.3, -0.25) is 10.1 Å². The summed E-state index contributed by atoms with van der Waals surface area (Å²) in [6.45, 7) is -1.46. The Kier molecular flexibility index (Phi) is 10.5. The molecule has 4 rings (SSSR count). The Labute approximate surface area is 257 Å². The van der Waals surface area contributed by atoms with E-state index in [1.165, 1.54) is 60.7 Å². The maximum Gasteiger partial charge on any atom is 0.402 e. The number of sulfonamides is 1. The van der Waals surface area contributed by atoms with E-state index in [-0.39, 0.29) is 41.5 Å². The minimum Gasteiger partial charge on any atom is -0.373 e. The summed E-state index contributed by atoms with van der Waals surface area (Å²) >= 11 is 0. The van der Waals surface area contributed by atoms with E-state index in [2.05, 4.69) is 16.0 Å². The second-order valence-corrected chi connectivity index (χ2v) is 13.2. The van der Waals surface area contributed by atoms with Gasteiger partial charge in [-0.15, -0.1) is 0 Å². The predicted molar refractivity (Wildman–Crippen MR) is 157 cm³/mol. The van der Waals surface area contributed by atoms with Crippen molar-refractivity contribution >= 4 is 21.6 Å². The summed E-state index contributed by atoms with van der Waals surface area (Å²) in [5.41, 5.74) is 6.73. The zero-order chi connectivity index (χ0) is 33.0. The van der Waals surface area contributed by atoms with E-state index in [4.69, 9.17) is 5.73 Å². The second-order valence-electron chi connectivity index (χ2n) is 10.8. The molecule has 0 spiro atoms. The van der Waals surface area contributed by atoms with Crippen LogP contribution < -0.4 is 21.7 Å². The van der Waals surface area contributed by atoms with Gasteiger partial charge < -0.3 is 16.4 Å². The summed E-state index contributed by atoms with van der Waals surface area (Å²) in [6, 6.07) is 13.1. The van der Waals surface area contributed by atoms with Crippen LogP contribution in [-0.2, 0) is 21.2 Å². The molecule has 1 aliphatic rings. The molecule has 2 atom stereocenters. The van der Waals surface area contributed by atoms with Gasteiger partial charge in [0.2, 0.25) is 15.9 Å². The lowest BCUT2D eigenvalue weighted by Gasteiger charge is -2.41. The molecule has 0 unspecified atom stereocenters. The van der Waals surface area contributed by atoms with Crippen molar-refractivity contribution in [3.63, 3.8) is 0 Å². The Bertz CT molecular complexity index is 1540. The van der Waals surface area contributed by atoms with Crippen LogP contribution in [0.15, 0.2) is 66.7 Å². The Hall–Kier alpha value is -3.66. The Balaban J connectivity index is 1.71. The van der Waals surface area contributed by atoms with Crippen LogP contribution in [0.3, 0.4) is 0 Å². The molecule has 8 nitrogen and oxygen atoms in total. The number of carbonyl (C=O) groups excluding carboxylic acids is 1. The van der Waals surface area contributed by atoms with Crippen LogP contribution in [-0.4, -0.2) is 68.9 Å². The van der Waals surface area contributed by atoms with Gasteiger partial charge in [-0.05, 0) is 60.4 Å². The van der Waals surface area contributed by atoms with Crippen LogP contribution in [0.2, 0.25) is 0 Å². The number of primary amides is 1. The van der Waals surface area contributed by atoms with Crippen molar-refractivity contribution in [2.45, 2.75) is 35.8 Å². The van der Waals surface area contributed by atoms with E-state index < -0.39 is 62.9 Å². The Morgan fingerprint density at radius 2 is 1.56 bits per heavy atom. The minimum atomic E-state index is -4.79. The molecule has 3 aromatic rings. The molecule has 1 aliphatic heterocycles. The Morgan fingerprint density at radius 1 is 0.978 bits per heavy atom. The first kappa shape index (κ1) is 34.2. The summed E-state index contributed by atoms with van der Waals surface area (Å²) < 4.78 is 110. The number of nitrogens with one attached hydrogen (secondary N) is 3. The molecule has 1 amide bonds. The van der Waals surface area contributed by atoms with Crippen molar-refractivity contribution < 1.29 is 39.6 Å². The van der Waals surface area contributed by atoms with Gasteiger partial charge >= 0.3 is 6.18 Å². The summed E-state index contributed by atoms with van der Waals surface area (Å²) in [5, 5.41) is 8.70. The average molecular weight is 658 g/mol. The first-order valence-electron chi connectivity index (χ1n) is 14.0. The van der Waals surface area contributed by atoms with E-state index in [0.717, 1.165) is 13.1 Å². The first-order valence-corrected chi connectivity index (χ1v) is 15.4. The quantitative estimate of drug-likeness (QED) is 0.220. The topological polar surface area (TPSA) is 117 Å². The maximum absolute atomic E-state index is 15.4. The fraction of sp³-hybridized carbons (Fsp3) is 0.367. The molecular formula is C30H33F6N5O3S. The highest BCUT2D eigenvalue weighted by atomic mass is 32.2. The summed E-state index contributed by atoms with van der Waals surface area (Å²) in [6.07, 6.45) is -5.39. The SMILES string of the molecule is CN(CC(F)(F)F)S(=O)(=O)[C@@]1(CCc2c(F)cccc2N[C@H](C(N)=O)C(c2ccc(F)cc2)c2ccc(F)cc2)CNCCN1. The first-order chi connectivity index (χ1) is 21.1. The van der Waals surface area contributed by atoms with E-state index in [1.807, 2.05) is 0 Å². The number of anilines is 1. The van der Waals surface area contributed by atoms with Crippen LogP contribution in [0, 0.1) is 17.5 Å². The van der Waals surface area contributed by atoms with Crippen LogP contribution in [0.4, 0.5) is 32.0 Å². The van der Waals surface area contributed by atoms with Crippen molar-refractivity contribution in [3.05, 3.63) is 101 Å². The highest BCUT2D eigenvalue weighted by molar-refractivity contribution is 7.90. The van der Waals surface area contributed by atoms with Gasteiger partial charge in [0.15, 0.2) is 0 Å². The largest absolute Gasteiger partial charge is 0.402 e. The molecule has 0 aromatic heterocycles. The van der Waals surface area contributed by atoms with Gasteiger partial charge in [-0.1, -0.05) is 30.3 Å². The van der Waals surface area contributed by atoms with Crippen molar-refractivity contribution in [2.24, 2.45) is 5.73 Å². The highest BCUT2D eigenvalue weighted by Gasteiger charge is 2.49. The lowest BCUT2D eigenvalue weighted by atomic mass is 9.84. The third kappa shape index (κ3) is 7.95. The molecule has 244 valence electrons. The number of hydrogen-bond acceptors (Lipinski definition) is 6. The number of alkyl halides is 3. The Morgan fingerprint density at radius 3 is 2.04 bits per heavy atom. The third-order valence-electron chi connectivity index (χ3n) is 7.77. The number of benzene rings is 3. The summed E-state index contributed by atoms with van der Waals surface area (Å²) in [4.78, 5) is 11.0. The van der Waals surface area contributed by atoms with Crippen LogP contribution in [0.1, 0.15) is 29.0 Å². The fourth-order valence-corrected chi connectivity index (χ4v) is 7.38. The minimum absolute atomic E-state index is 0.0406. The number of nitrogens with zero attached hydrogens (tertiary/aromatic N) is 1. The lowest BCUT2D eigenvalue weighted by Crippen LogP contribution is -2.66. The monoisotopic (exact) mass is 657 g/mol. The zero-order valence-electron chi connectivity index (χ0n) is 24.2. The van der Waals surface area contributed by atoms with Crippen LogP contribution in [0.25, 0.3) is 0 Å². The second kappa shape index (κ2) is 13.8. The van der Waals surface area contributed by atoms with Crippen molar-refractivity contribution in [2.75, 3.05) is 38.5 Å². The lowest BCUT2D eigenvalue weighted by molar-refractivity contribution is -0.134. The smallest absolute Gasteiger partial charge is 0.373 e. The van der Waals surface area contributed by atoms with Crippen LogP contribution in [0.5, 0.6) is 0 Å². The zero-order valence-corrected chi connectivity index (χ0v) is 25.0. The number of amides is 1. The highest BCUT2D eigenvalue weighted by Crippen LogP contribution is 2.34. The fourth-order valence-electron chi connectivity index (χ4n) is 5.53. The van der Waals surface area contributed by atoms with Gasteiger partial charge in [0.05, 0.1) is 0 Å². The number of piperazine rings is 1. The van der Waals surface area contributed by atoms with E-state index in [0.29, 0.717) is 17.7 Å². The number of rotatable bonds is 12. The van der Waals surface area contributed by atoms with Gasteiger partial charge in [0.1, 0.15) is 34.9 Å². The van der Waals surface area contributed by atoms with Gasteiger partial charge in [-0.2, -0.15) is 17.5 Å². The predicted octanol–water partition coefficient (Wildman–Crippen LogP) is 3.85. The van der Waals surface area contributed by atoms with E-state index in [9.17, 15) is 35.2 Å². The average Bonchev–Trinajstić information content (AvgIpc) is 2.97. The van der Waals surface area contributed by atoms with Gasteiger partial charge in [0, 0.05) is 43.9 Å². The van der Waals surface area contributed by atoms with E-state index in [1.54, 1.807) is 0 Å². The molecule has 0 bridgehead atoms. The molecule has 1 heterocycles. The number of halogens is 6. The normalized spacial score (nSPS) is 18.2. The molecule has 3 aromatic carbocycles. The van der Waals surface area contributed by atoms with Gasteiger partial charge in [0.25, 0.3) is 0 Å². The molecule has 0 saturated carbocycles.